The summed E-state index contributed by atoms with van der Waals surface area (Å²) in [5.41, 5.74) is 11.4. The maximum absolute atomic E-state index is 5.29. The summed E-state index contributed by atoms with van der Waals surface area (Å²) >= 11 is 0. The smallest absolute Gasteiger partial charge is 0.164 e. The Labute approximate surface area is 294 Å². The van der Waals surface area contributed by atoms with Gasteiger partial charge in [-0.1, -0.05) is 146 Å². The van der Waals surface area contributed by atoms with E-state index in [0.717, 1.165) is 38.5 Å². The van der Waals surface area contributed by atoms with Crippen LogP contribution in [0.3, 0.4) is 0 Å². The molecule has 0 bridgehead atoms. The minimum Gasteiger partial charge on any atom is -0.309 e. The molecule has 236 valence electrons. The first-order valence-electron chi connectivity index (χ1n) is 17.3. The average Bonchev–Trinajstić information content (AvgIpc) is 3.71. The number of hydrogen-bond donors (Lipinski definition) is 0. The maximum atomic E-state index is 5.29. The van der Waals surface area contributed by atoms with Crippen molar-refractivity contribution in [2.45, 2.75) is 0 Å². The number of fused-ring (bicyclic) bond motifs is 7. The third kappa shape index (κ3) is 4.11. The molecule has 0 N–H and O–H groups in total. The van der Waals surface area contributed by atoms with Gasteiger partial charge in [-0.05, 0) is 62.7 Å². The number of aromatic nitrogens is 4. The van der Waals surface area contributed by atoms with Gasteiger partial charge >= 0.3 is 0 Å². The highest BCUT2D eigenvalue weighted by atomic mass is 15.0. The van der Waals surface area contributed by atoms with Crippen LogP contribution in [-0.4, -0.2) is 19.5 Å². The van der Waals surface area contributed by atoms with Crippen molar-refractivity contribution in [1.29, 1.82) is 0 Å². The fraction of sp³-hybridized carbons (Fsp3) is 0. The van der Waals surface area contributed by atoms with E-state index in [2.05, 4.69) is 156 Å². The van der Waals surface area contributed by atoms with Crippen LogP contribution in [0.15, 0.2) is 170 Å². The van der Waals surface area contributed by atoms with E-state index in [4.69, 9.17) is 15.0 Å². The summed E-state index contributed by atoms with van der Waals surface area (Å²) in [6.45, 7) is 0. The lowest BCUT2D eigenvalue weighted by molar-refractivity contribution is 1.08. The molecule has 51 heavy (non-hydrogen) atoms. The lowest BCUT2D eigenvalue weighted by atomic mass is 9.98. The van der Waals surface area contributed by atoms with Crippen molar-refractivity contribution in [3.63, 3.8) is 0 Å². The predicted octanol–water partition coefficient (Wildman–Crippen LogP) is 11.9. The van der Waals surface area contributed by atoms with Crippen LogP contribution in [-0.2, 0) is 0 Å². The fourth-order valence-electron chi connectivity index (χ4n) is 8.20. The number of rotatable bonds is 4. The highest BCUT2D eigenvalue weighted by Crippen LogP contribution is 2.49. The molecule has 11 rings (SSSR count). The summed E-state index contributed by atoms with van der Waals surface area (Å²) in [6.07, 6.45) is 0. The van der Waals surface area contributed by atoms with Crippen molar-refractivity contribution in [1.82, 2.24) is 19.5 Å². The van der Waals surface area contributed by atoms with Gasteiger partial charge in [-0.15, -0.1) is 0 Å². The van der Waals surface area contributed by atoms with E-state index in [1.165, 1.54) is 49.4 Å². The molecule has 1 aliphatic carbocycles. The summed E-state index contributed by atoms with van der Waals surface area (Å²) in [5.74, 6) is 1.96. The normalized spacial score (nSPS) is 11.9. The Morgan fingerprint density at radius 3 is 1.49 bits per heavy atom. The van der Waals surface area contributed by atoms with Crippen molar-refractivity contribution in [3.8, 4) is 62.1 Å². The third-order valence-electron chi connectivity index (χ3n) is 10.4. The lowest BCUT2D eigenvalue weighted by Gasteiger charge is -2.15. The summed E-state index contributed by atoms with van der Waals surface area (Å²) in [5, 5.41) is 7.09. The molecule has 0 aliphatic heterocycles. The molecule has 0 fully saturated rings. The van der Waals surface area contributed by atoms with E-state index in [-0.39, 0.29) is 0 Å². The second-order valence-electron chi connectivity index (χ2n) is 13.2. The second kappa shape index (κ2) is 10.8. The van der Waals surface area contributed by atoms with Gasteiger partial charge < -0.3 is 4.57 Å². The molecule has 0 atom stereocenters. The van der Waals surface area contributed by atoms with Crippen LogP contribution in [0.1, 0.15) is 0 Å². The summed E-state index contributed by atoms with van der Waals surface area (Å²) in [6, 6.07) is 60.2. The molecule has 2 heterocycles. The first-order valence-corrected chi connectivity index (χ1v) is 17.3. The molecule has 4 nitrogen and oxygen atoms in total. The van der Waals surface area contributed by atoms with Gasteiger partial charge in [0.15, 0.2) is 17.5 Å². The predicted molar refractivity (Wildman–Crippen MR) is 210 cm³/mol. The quantitative estimate of drug-likeness (QED) is 0.191. The highest BCUT2D eigenvalue weighted by molar-refractivity contribution is 6.18. The first kappa shape index (κ1) is 28.0. The molecule has 8 aromatic carbocycles. The van der Waals surface area contributed by atoms with Crippen molar-refractivity contribution < 1.29 is 0 Å². The van der Waals surface area contributed by atoms with Crippen molar-refractivity contribution in [3.05, 3.63) is 170 Å². The van der Waals surface area contributed by atoms with Gasteiger partial charge in [-0.25, -0.2) is 15.0 Å². The zero-order chi connectivity index (χ0) is 33.5. The Morgan fingerprint density at radius 2 is 0.765 bits per heavy atom. The lowest BCUT2D eigenvalue weighted by Crippen LogP contribution is -2.01. The monoisotopic (exact) mass is 648 g/mol. The minimum atomic E-state index is 0.648. The van der Waals surface area contributed by atoms with E-state index >= 15 is 0 Å². The Kier molecular flexibility index (Phi) is 5.92. The molecule has 0 spiro atoms. The van der Waals surface area contributed by atoms with Crippen molar-refractivity contribution >= 4 is 43.4 Å². The summed E-state index contributed by atoms with van der Waals surface area (Å²) in [4.78, 5) is 15.6. The molecule has 10 aromatic rings. The zero-order valence-corrected chi connectivity index (χ0v) is 27.5. The van der Waals surface area contributed by atoms with Crippen LogP contribution in [0.2, 0.25) is 0 Å². The van der Waals surface area contributed by atoms with Gasteiger partial charge in [-0.2, -0.15) is 0 Å². The molecule has 2 aromatic heterocycles. The molecule has 1 aliphatic rings. The van der Waals surface area contributed by atoms with Crippen LogP contribution < -0.4 is 0 Å². The molecule has 0 amide bonds. The molecule has 4 heteroatoms. The third-order valence-corrected chi connectivity index (χ3v) is 10.4. The largest absolute Gasteiger partial charge is 0.309 e. The number of para-hydroxylation sites is 2. The Hall–Kier alpha value is -6.91. The average molecular weight is 649 g/mol. The van der Waals surface area contributed by atoms with E-state index in [9.17, 15) is 0 Å². The molecule has 0 unspecified atom stereocenters. The fourth-order valence-corrected chi connectivity index (χ4v) is 8.20. The molecule has 0 saturated heterocycles. The standard InChI is InChI=1S/C47H28N4/c1-2-13-29(14-3-1)45-48-46(50-47(49-45)40-28-27-38-31-16-5-4-15-30(31)36-21-11-22-37(40)44(36)38)39-23-10-20-33-32(39)19-12-26-43(33)51-41-24-8-6-17-34(41)35-18-7-9-25-42(35)51/h1-28H. The maximum Gasteiger partial charge on any atom is 0.164 e. The van der Waals surface area contributed by atoms with Crippen LogP contribution in [0.4, 0.5) is 0 Å². The van der Waals surface area contributed by atoms with Crippen LogP contribution in [0.5, 0.6) is 0 Å². The number of benzene rings is 8. The molecule has 0 radical (unpaired) electrons. The molecular formula is C47H28N4. The first-order chi connectivity index (χ1) is 25.3. The molecule has 0 saturated carbocycles. The van der Waals surface area contributed by atoms with Gasteiger partial charge in [0.05, 0.1) is 16.7 Å². The summed E-state index contributed by atoms with van der Waals surface area (Å²) in [7, 11) is 0. The van der Waals surface area contributed by atoms with E-state index in [1.54, 1.807) is 0 Å². The number of hydrogen-bond acceptors (Lipinski definition) is 3. The van der Waals surface area contributed by atoms with E-state index in [1.807, 2.05) is 18.2 Å². The highest BCUT2D eigenvalue weighted by Gasteiger charge is 2.24. The van der Waals surface area contributed by atoms with Gasteiger partial charge in [0.2, 0.25) is 0 Å². The Bertz CT molecular complexity index is 2950. The SMILES string of the molecule is c1ccc(-c2nc(-c3cccc4c(-n5c6ccccc6c6ccccc65)cccc34)nc(-c3ccc4c5c(cccc35)-c3ccccc3-4)n2)cc1. The van der Waals surface area contributed by atoms with Crippen LogP contribution in [0, 0.1) is 0 Å². The number of nitrogens with zero attached hydrogens (tertiary/aromatic N) is 4. The topological polar surface area (TPSA) is 43.6 Å². The van der Waals surface area contributed by atoms with Crippen molar-refractivity contribution in [2.24, 2.45) is 0 Å². The Balaban J connectivity index is 1.16. The Morgan fingerprint density at radius 1 is 0.294 bits per heavy atom. The summed E-state index contributed by atoms with van der Waals surface area (Å²) < 4.78 is 2.38. The second-order valence-corrected chi connectivity index (χ2v) is 13.2. The van der Waals surface area contributed by atoms with E-state index in [0.29, 0.717) is 17.5 Å². The van der Waals surface area contributed by atoms with Gasteiger partial charge in [0.1, 0.15) is 0 Å². The van der Waals surface area contributed by atoms with Crippen LogP contribution in [0.25, 0.3) is 105 Å². The minimum absolute atomic E-state index is 0.648. The van der Waals surface area contributed by atoms with E-state index < -0.39 is 0 Å². The van der Waals surface area contributed by atoms with Gasteiger partial charge in [0, 0.05) is 32.8 Å². The van der Waals surface area contributed by atoms with Crippen LogP contribution >= 0.6 is 0 Å². The van der Waals surface area contributed by atoms with Gasteiger partial charge in [0.25, 0.3) is 0 Å². The van der Waals surface area contributed by atoms with Crippen molar-refractivity contribution in [2.75, 3.05) is 0 Å². The zero-order valence-electron chi connectivity index (χ0n) is 27.5. The van der Waals surface area contributed by atoms with Gasteiger partial charge in [-0.3, -0.25) is 0 Å². The molecular weight excluding hydrogens is 621 g/mol.